The first-order chi connectivity index (χ1) is 10.7. The molecule has 0 spiro atoms. The molecule has 3 rings (SSSR count). The molecular weight excluding hydrogens is 288 g/mol. The topological polar surface area (TPSA) is 78.9 Å². The fourth-order valence-corrected chi connectivity index (χ4v) is 1.68. The predicted octanol–water partition coefficient (Wildman–Crippen LogP) is 3.31. The summed E-state index contributed by atoms with van der Waals surface area (Å²) in [4.78, 5) is 23.4. The first-order valence-electron chi connectivity index (χ1n) is 6.34. The van der Waals surface area contributed by atoms with Crippen LogP contribution in [0.5, 0.6) is 11.5 Å². The molecule has 0 bridgehead atoms. The largest absolute Gasteiger partial charge is 0.457 e. The smallest absolute Gasteiger partial charge is 0.379 e. The lowest BCUT2D eigenvalue weighted by Crippen LogP contribution is -2.08. The highest BCUT2D eigenvalue weighted by atomic mass is 16.6. The third kappa shape index (κ3) is 3.06. The van der Waals surface area contributed by atoms with E-state index in [4.69, 9.17) is 18.3 Å². The van der Waals surface area contributed by atoms with Crippen molar-refractivity contribution in [2.24, 2.45) is 0 Å². The molecule has 3 aromatic rings. The summed E-state index contributed by atoms with van der Waals surface area (Å²) in [6, 6.07) is 12.2. The Balaban J connectivity index is 1.63. The summed E-state index contributed by atoms with van der Waals surface area (Å²) < 4.78 is 20.1. The minimum absolute atomic E-state index is 0.105. The van der Waals surface area contributed by atoms with Crippen LogP contribution in [0.2, 0.25) is 0 Å². The molecule has 6 heteroatoms. The van der Waals surface area contributed by atoms with E-state index in [-0.39, 0.29) is 11.5 Å². The quantitative estimate of drug-likeness (QED) is 0.543. The molecule has 22 heavy (non-hydrogen) atoms. The number of carbonyl (C=O) groups is 2. The van der Waals surface area contributed by atoms with E-state index >= 15 is 0 Å². The van der Waals surface area contributed by atoms with E-state index in [2.05, 4.69) is 0 Å². The van der Waals surface area contributed by atoms with Gasteiger partial charge in [-0.2, -0.15) is 0 Å². The van der Waals surface area contributed by atoms with Crippen molar-refractivity contribution >= 4 is 11.9 Å². The molecule has 0 atom stereocenters. The molecule has 0 N–H and O–H groups in total. The number of ether oxygens (including phenoxy) is 2. The second-order valence-electron chi connectivity index (χ2n) is 4.21. The molecule has 0 aliphatic carbocycles. The highest BCUT2D eigenvalue weighted by Gasteiger charge is 2.13. The van der Waals surface area contributed by atoms with Gasteiger partial charge >= 0.3 is 11.9 Å². The summed E-state index contributed by atoms with van der Waals surface area (Å²) in [5, 5.41) is 0. The van der Waals surface area contributed by atoms with Crippen molar-refractivity contribution in [1.82, 2.24) is 0 Å². The van der Waals surface area contributed by atoms with Crippen molar-refractivity contribution in [3.8, 4) is 11.5 Å². The van der Waals surface area contributed by atoms with E-state index in [0.29, 0.717) is 11.5 Å². The first kappa shape index (κ1) is 13.7. The van der Waals surface area contributed by atoms with Gasteiger partial charge in [0.1, 0.15) is 11.5 Å². The lowest BCUT2D eigenvalue weighted by atomic mass is 10.3. The predicted molar refractivity (Wildman–Crippen MR) is 73.8 cm³/mol. The number of benzene rings is 1. The highest BCUT2D eigenvalue weighted by Crippen LogP contribution is 2.20. The third-order valence-corrected chi connectivity index (χ3v) is 2.69. The molecule has 0 unspecified atom stereocenters. The normalized spacial score (nSPS) is 10.2. The van der Waals surface area contributed by atoms with Gasteiger partial charge in [-0.25, -0.2) is 9.59 Å². The van der Waals surface area contributed by atoms with Crippen molar-refractivity contribution in [1.29, 1.82) is 0 Å². The maximum atomic E-state index is 11.7. The van der Waals surface area contributed by atoms with Crippen LogP contribution in [-0.4, -0.2) is 11.9 Å². The number of rotatable bonds is 4. The molecule has 0 fully saturated rings. The van der Waals surface area contributed by atoms with Gasteiger partial charge in [0, 0.05) is 0 Å². The van der Waals surface area contributed by atoms with Crippen LogP contribution in [0.25, 0.3) is 0 Å². The van der Waals surface area contributed by atoms with Gasteiger partial charge in [-0.05, 0) is 48.5 Å². The number of furan rings is 2. The molecule has 0 amide bonds. The number of hydrogen-bond donors (Lipinski definition) is 0. The van der Waals surface area contributed by atoms with Gasteiger partial charge < -0.3 is 18.3 Å². The fourth-order valence-electron chi connectivity index (χ4n) is 1.68. The summed E-state index contributed by atoms with van der Waals surface area (Å²) in [5.41, 5.74) is 0. The molecule has 0 saturated heterocycles. The zero-order chi connectivity index (χ0) is 15.4. The van der Waals surface area contributed by atoms with Crippen molar-refractivity contribution in [3.05, 3.63) is 72.6 Å². The molecular formula is C16H10O6. The Hall–Kier alpha value is -3.28. The summed E-state index contributed by atoms with van der Waals surface area (Å²) in [5.74, 6) is -0.393. The van der Waals surface area contributed by atoms with E-state index in [0.717, 1.165) is 0 Å². The molecule has 0 aliphatic heterocycles. The van der Waals surface area contributed by atoms with Gasteiger partial charge in [0.05, 0.1) is 12.5 Å². The second-order valence-corrected chi connectivity index (χ2v) is 4.21. The van der Waals surface area contributed by atoms with Crippen LogP contribution in [0, 0.1) is 0 Å². The Morgan fingerprint density at radius 1 is 0.682 bits per heavy atom. The molecule has 0 aliphatic rings. The lowest BCUT2D eigenvalue weighted by Gasteiger charge is -2.04. The number of carbonyl (C=O) groups excluding carboxylic acids is 2. The Morgan fingerprint density at radius 2 is 1.09 bits per heavy atom. The van der Waals surface area contributed by atoms with Crippen LogP contribution >= 0.6 is 0 Å². The van der Waals surface area contributed by atoms with E-state index in [9.17, 15) is 9.59 Å². The molecule has 0 saturated carbocycles. The SMILES string of the molecule is O=C(Oc1ccc(OC(=O)c2ccco2)cc1)c1ccco1. The Kier molecular flexibility index (Phi) is 3.74. The average Bonchev–Trinajstić information content (AvgIpc) is 3.23. The fraction of sp³-hybridized carbons (Fsp3) is 0. The van der Waals surface area contributed by atoms with Gasteiger partial charge in [0.25, 0.3) is 0 Å². The lowest BCUT2D eigenvalue weighted by molar-refractivity contribution is 0.0687. The minimum atomic E-state index is -0.606. The number of esters is 2. The molecule has 2 aromatic heterocycles. The standard InChI is InChI=1S/C16H10O6/c17-15(13-3-1-9-19-13)21-11-5-7-12(8-6-11)22-16(18)14-4-2-10-20-14/h1-10H. The Bertz CT molecular complexity index is 686. The molecule has 110 valence electrons. The van der Waals surface area contributed by atoms with Crippen LogP contribution < -0.4 is 9.47 Å². The van der Waals surface area contributed by atoms with E-state index < -0.39 is 11.9 Å². The molecule has 0 radical (unpaired) electrons. The van der Waals surface area contributed by atoms with Gasteiger partial charge in [-0.3, -0.25) is 0 Å². The molecule has 6 nitrogen and oxygen atoms in total. The van der Waals surface area contributed by atoms with Crippen LogP contribution in [0.1, 0.15) is 21.1 Å². The van der Waals surface area contributed by atoms with E-state index in [1.807, 2.05) is 0 Å². The maximum absolute atomic E-state index is 11.7. The highest BCUT2D eigenvalue weighted by molar-refractivity contribution is 5.88. The summed E-state index contributed by atoms with van der Waals surface area (Å²) in [6.07, 6.45) is 2.77. The first-order valence-corrected chi connectivity index (χ1v) is 6.34. The van der Waals surface area contributed by atoms with Crippen LogP contribution in [0.3, 0.4) is 0 Å². The van der Waals surface area contributed by atoms with E-state index in [1.54, 1.807) is 12.1 Å². The van der Waals surface area contributed by atoms with Gasteiger partial charge in [0.2, 0.25) is 11.5 Å². The monoisotopic (exact) mass is 298 g/mol. The van der Waals surface area contributed by atoms with Crippen molar-refractivity contribution < 1.29 is 27.9 Å². The number of hydrogen-bond acceptors (Lipinski definition) is 6. The van der Waals surface area contributed by atoms with Gasteiger partial charge in [0.15, 0.2) is 0 Å². The van der Waals surface area contributed by atoms with Crippen LogP contribution in [0.4, 0.5) is 0 Å². The van der Waals surface area contributed by atoms with Crippen molar-refractivity contribution in [2.75, 3.05) is 0 Å². The van der Waals surface area contributed by atoms with Gasteiger partial charge in [-0.1, -0.05) is 0 Å². The molecule has 2 heterocycles. The van der Waals surface area contributed by atoms with Crippen LogP contribution in [-0.2, 0) is 0 Å². The summed E-state index contributed by atoms with van der Waals surface area (Å²) in [7, 11) is 0. The Labute approximate surface area is 124 Å². The minimum Gasteiger partial charge on any atom is -0.457 e. The van der Waals surface area contributed by atoms with Crippen molar-refractivity contribution in [3.63, 3.8) is 0 Å². The summed E-state index contributed by atoms with van der Waals surface area (Å²) in [6.45, 7) is 0. The Morgan fingerprint density at radius 3 is 1.41 bits per heavy atom. The zero-order valence-electron chi connectivity index (χ0n) is 11.2. The second kappa shape index (κ2) is 6.01. The zero-order valence-corrected chi connectivity index (χ0v) is 11.2. The third-order valence-electron chi connectivity index (χ3n) is 2.69. The maximum Gasteiger partial charge on any atom is 0.379 e. The van der Waals surface area contributed by atoms with E-state index in [1.165, 1.54) is 48.9 Å². The average molecular weight is 298 g/mol. The van der Waals surface area contributed by atoms with Gasteiger partial charge in [-0.15, -0.1) is 0 Å². The molecule has 1 aromatic carbocycles. The van der Waals surface area contributed by atoms with Crippen molar-refractivity contribution in [2.45, 2.75) is 0 Å². The van der Waals surface area contributed by atoms with Crippen LogP contribution in [0.15, 0.2) is 69.9 Å². The summed E-state index contributed by atoms with van der Waals surface area (Å²) >= 11 is 0.